The highest BCUT2D eigenvalue weighted by Crippen LogP contribution is 2.15. The number of rotatable bonds is 4. The molecule has 108 valence electrons. The molecule has 0 aromatic heterocycles. The number of hydrogen-bond donors (Lipinski definition) is 1. The Hall–Kier alpha value is -1.69. The van der Waals surface area contributed by atoms with Crippen LogP contribution in [-0.2, 0) is 15.6 Å². The van der Waals surface area contributed by atoms with E-state index < -0.39 is 16.8 Å². The Balaban J connectivity index is 2.08. The number of carboxylic acid groups (broad SMARTS) is 1. The van der Waals surface area contributed by atoms with Crippen molar-refractivity contribution in [1.29, 1.82) is 0 Å². The minimum absolute atomic E-state index is 0.00252. The van der Waals surface area contributed by atoms with Crippen molar-refractivity contribution in [2.75, 3.05) is 18.8 Å². The van der Waals surface area contributed by atoms with Gasteiger partial charge in [0.25, 0.3) is 0 Å². The molecule has 1 aliphatic rings. The molecule has 20 heavy (non-hydrogen) atoms. The lowest BCUT2D eigenvalue weighted by atomic mass is 10.1. The molecule has 5 nitrogen and oxygen atoms in total. The number of nitrogens with zero attached hydrogens (tertiary/aromatic N) is 1. The van der Waals surface area contributed by atoms with Crippen LogP contribution in [0.2, 0.25) is 0 Å². The van der Waals surface area contributed by atoms with Gasteiger partial charge in [-0.2, -0.15) is 0 Å². The summed E-state index contributed by atoms with van der Waals surface area (Å²) in [7, 11) is -1.62. The van der Waals surface area contributed by atoms with Crippen LogP contribution in [0.3, 0.4) is 0 Å². The van der Waals surface area contributed by atoms with Gasteiger partial charge in [-0.15, -0.1) is 0 Å². The van der Waals surface area contributed by atoms with E-state index in [1.165, 1.54) is 12.1 Å². The molecule has 1 aliphatic heterocycles. The number of amides is 1. The van der Waals surface area contributed by atoms with Gasteiger partial charge in [0.05, 0.1) is 21.3 Å². The molecule has 0 spiro atoms. The largest absolute Gasteiger partial charge is 0.478 e. The average Bonchev–Trinajstić information content (AvgIpc) is 2.48. The van der Waals surface area contributed by atoms with Crippen LogP contribution < -0.4 is 0 Å². The third-order valence-electron chi connectivity index (χ3n) is 3.33. The monoisotopic (exact) mass is 295 g/mol. The highest BCUT2D eigenvalue weighted by molar-refractivity contribution is 7.85. The van der Waals surface area contributed by atoms with Gasteiger partial charge in [-0.1, -0.05) is 12.1 Å². The Morgan fingerprint density at radius 1 is 1.15 bits per heavy atom. The van der Waals surface area contributed by atoms with Crippen LogP contribution in [0.4, 0.5) is 0 Å². The van der Waals surface area contributed by atoms with E-state index in [0.717, 1.165) is 19.3 Å². The molecule has 1 aromatic rings. The Morgan fingerprint density at radius 3 is 2.45 bits per heavy atom. The van der Waals surface area contributed by atoms with Crippen molar-refractivity contribution in [3.05, 3.63) is 29.8 Å². The van der Waals surface area contributed by atoms with Crippen LogP contribution in [0.25, 0.3) is 0 Å². The fourth-order valence-corrected chi connectivity index (χ4v) is 3.46. The van der Waals surface area contributed by atoms with Crippen molar-refractivity contribution >= 4 is 22.7 Å². The Bertz CT molecular complexity index is 538. The first kappa shape index (κ1) is 14.7. The minimum Gasteiger partial charge on any atom is -0.478 e. The molecular weight excluding hydrogens is 278 g/mol. The molecule has 1 amide bonds. The topological polar surface area (TPSA) is 74.7 Å². The molecule has 1 fully saturated rings. The third kappa shape index (κ3) is 3.45. The molecule has 0 radical (unpaired) electrons. The van der Waals surface area contributed by atoms with Crippen molar-refractivity contribution in [2.24, 2.45) is 0 Å². The summed E-state index contributed by atoms with van der Waals surface area (Å²) in [6.07, 6.45) is 3.07. The lowest BCUT2D eigenvalue weighted by Crippen LogP contribution is -2.38. The second kappa shape index (κ2) is 6.65. The van der Waals surface area contributed by atoms with Crippen molar-refractivity contribution in [3.8, 4) is 0 Å². The van der Waals surface area contributed by atoms with Gasteiger partial charge in [0.15, 0.2) is 0 Å². The van der Waals surface area contributed by atoms with Gasteiger partial charge in [-0.3, -0.25) is 9.00 Å². The average molecular weight is 295 g/mol. The van der Waals surface area contributed by atoms with Gasteiger partial charge in [0, 0.05) is 13.1 Å². The van der Waals surface area contributed by atoms with Crippen molar-refractivity contribution in [2.45, 2.75) is 24.2 Å². The van der Waals surface area contributed by atoms with E-state index >= 15 is 0 Å². The van der Waals surface area contributed by atoms with Crippen LogP contribution in [0.1, 0.15) is 29.6 Å². The molecule has 1 saturated heterocycles. The van der Waals surface area contributed by atoms with Gasteiger partial charge in [0.2, 0.25) is 5.91 Å². The van der Waals surface area contributed by atoms with Crippen molar-refractivity contribution in [1.82, 2.24) is 4.90 Å². The van der Waals surface area contributed by atoms with Crippen LogP contribution in [0.5, 0.6) is 0 Å². The lowest BCUT2D eigenvalue weighted by Gasteiger charge is -2.26. The van der Waals surface area contributed by atoms with Crippen molar-refractivity contribution < 1.29 is 18.9 Å². The summed E-state index contributed by atoms with van der Waals surface area (Å²) < 4.78 is 12.2. The van der Waals surface area contributed by atoms with Gasteiger partial charge in [0.1, 0.15) is 5.75 Å². The lowest BCUT2D eigenvalue weighted by molar-refractivity contribution is -0.129. The standard InChI is InChI=1S/C14H17NO4S/c16-13(15-8-4-1-5-9-15)10-20(19)12-7-3-2-6-11(12)14(17)18/h2-3,6-7H,1,4-5,8-10H2,(H,17,18). The smallest absolute Gasteiger partial charge is 0.336 e. The summed E-state index contributed by atoms with van der Waals surface area (Å²) in [6, 6.07) is 6.12. The quantitative estimate of drug-likeness (QED) is 0.913. The fourth-order valence-electron chi connectivity index (χ4n) is 2.27. The highest BCUT2D eigenvalue weighted by Gasteiger charge is 2.21. The zero-order valence-electron chi connectivity index (χ0n) is 11.1. The number of carboxylic acids is 1. The number of carbonyl (C=O) groups is 2. The van der Waals surface area contributed by atoms with Crippen LogP contribution in [0.15, 0.2) is 29.2 Å². The van der Waals surface area contributed by atoms with Crippen LogP contribution in [0, 0.1) is 0 Å². The van der Waals surface area contributed by atoms with Crippen LogP contribution >= 0.6 is 0 Å². The summed E-state index contributed by atoms with van der Waals surface area (Å²) in [5, 5.41) is 9.07. The van der Waals surface area contributed by atoms with E-state index in [4.69, 9.17) is 5.11 Å². The number of aromatic carboxylic acids is 1. The molecule has 0 saturated carbocycles. The number of carbonyl (C=O) groups excluding carboxylic acids is 1. The number of piperidine rings is 1. The van der Waals surface area contributed by atoms with Crippen LogP contribution in [-0.4, -0.2) is 44.9 Å². The van der Waals surface area contributed by atoms with E-state index in [0.29, 0.717) is 13.1 Å². The molecule has 1 aromatic carbocycles. The number of likely N-dealkylation sites (tertiary alicyclic amines) is 1. The summed E-state index contributed by atoms with van der Waals surface area (Å²) in [6.45, 7) is 1.41. The van der Waals surface area contributed by atoms with Gasteiger partial charge < -0.3 is 10.0 Å². The maximum atomic E-state index is 12.2. The molecule has 6 heteroatoms. The molecule has 1 atom stereocenters. The Morgan fingerprint density at radius 2 is 1.80 bits per heavy atom. The van der Waals surface area contributed by atoms with Crippen molar-refractivity contribution in [3.63, 3.8) is 0 Å². The summed E-state index contributed by atoms with van der Waals surface area (Å²) in [5.41, 5.74) is -0.00252. The molecule has 1 unspecified atom stereocenters. The molecule has 0 bridgehead atoms. The second-order valence-corrected chi connectivity index (χ2v) is 6.15. The first-order valence-electron chi connectivity index (χ1n) is 6.58. The molecular formula is C14H17NO4S. The SMILES string of the molecule is O=C(O)c1ccccc1S(=O)CC(=O)N1CCCCC1. The highest BCUT2D eigenvalue weighted by atomic mass is 32.2. The normalized spacial score (nSPS) is 16.7. The van der Waals surface area contributed by atoms with E-state index in [9.17, 15) is 13.8 Å². The number of hydrogen-bond acceptors (Lipinski definition) is 3. The Kier molecular flexibility index (Phi) is 4.89. The summed E-state index contributed by atoms with van der Waals surface area (Å²) in [5.74, 6) is -1.44. The predicted molar refractivity (Wildman–Crippen MR) is 75.1 cm³/mol. The van der Waals surface area contributed by atoms with E-state index in [-0.39, 0.29) is 22.1 Å². The zero-order chi connectivity index (χ0) is 14.5. The maximum Gasteiger partial charge on any atom is 0.336 e. The summed E-state index contributed by atoms with van der Waals surface area (Å²) >= 11 is 0. The first-order chi connectivity index (χ1) is 9.59. The first-order valence-corrected chi connectivity index (χ1v) is 7.90. The molecule has 1 N–H and O–H groups in total. The minimum atomic E-state index is -1.62. The van der Waals surface area contributed by atoms with Gasteiger partial charge >= 0.3 is 5.97 Å². The van der Waals surface area contributed by atoms with Gasteiger partial charge in [-0.25, -0.2) is 4.79 Å². The second-order valence-electron chi connectivity index (χ2n) is 4.73. The van der Waals surface area contributed by atoms with E-state index in [2.05, 4.69) is 0 Å². The van der Waals surface area contributed by atoms with Gasteiger partial charge in [-0.05, 0) is 31.4 Å². The fraction of sp³-hybridized carbons (Fsp3) is 0.429. The maximum absolute atomic E-state index is 12.2. The number of benzene rings is 1. The molecule has 1 heterocycles. The molecule has 0 aliphatic carbocycles. The van der Waals surface area contributed by atoms with E-state index in [1.807, 2.05) is 0 Å². The summed E-state index contributed by atoms with van der Waals surface area (Å²) in [4.78, 5) is 25.1. The third-order valence-corrected chi connectivity index (χ3v) is 4.68. The molecule has 2 rings (SSSR count). The Labute approximate surface area is 120 Å². The van der Waals surface area contributed by atoms with E-state index in [1.54, 1.807) is 17.0 Å². The zero-order valence-corrected chi connectivity index (χ0v) is 11.9. The predicted octanol–water partition coefficient (Wildman–Crippen LogP) is 1.50.